The molecule has 0 radical (unpaired) electrons. The third-order valence-electron chi connectivity index (χ3n) is 2.72. The van der Waals surface area contributed by atoms with Crippen LogP contribution in [0.3, 0.4) is 0 Å². The van der Waals surface area contributed by atoms with Crippen LogP contribution in [0, 0.1) is 0 Å². The van der Waals surface area contributed by atoms with Crippen molar-refractivity contribution >= 4 is 37.5 Å². The Kier molecular flexibility index (Phi) is 5.46. The van der Waals surface area contributed by atoms with Crippen molar-refractivity contribution in [3.63, 3.8) is 0 Å². The van der Waals surface area contributed by atoms with Crippen molar-refractivity contribution in [2.24, 2.45) is 0 Å². The van der Waals surface area contributed by atoms with Gasteiger partial charge in [0.15, 0.2) is 0 Å². The van der Waals surface area contributed by atoms with Crippen LogP contribution in [0.15, 0.2) is 16.6 Å². The van der Waals surface area contributed by atoms with E-state index < -0.39 is 16.4 Å². The number of hydrogen-bond acceptors (Lipinski definition) is 2. The van der Waals surface area contributed by atoms with E-state index in [2.05, 4.69) is 67.3 Å². The number of aliphatic hydroxyl groups excluding tert-OH is 1. The molecule has 0 fully saturated rings. The highest BCUT2D eigenvalue weighted by atomic mass is 79.9. The van der Waals surface area contributed by atoms with E-state index in [4.69, 9.17) is 9.53 Å². The van der Waals surface area contributed by atoms with Crippen LogP contribution in [0.1, 0.15) is 5.56 Å². The van der Waals surface area contributed by atoms with Gasteiger partial charge in [-0.2, -0.15) is 0 Å². The lowest BCUT2D eigenvalue weighted by Gasteiger charge is -2.28. The van der Waals surface area contributed by atoms with Crippen molar-refractivity contribution in [1.29, 1.82) is 0 Å². The van der Waals surface area contributed by atoms with E-state index in [1.54, 1.807) is 0 Å². The highest BCUT2D eigenvalue weighted by Crippen LogP contribution is 2.29. The van der Waals surface area contributed by atoms with Crippen molar-refractivity contribution in [3.05, 3.63) is 22.2 Å². The number of hydrogen-bond donors (Lipinski definition) is 1. The Morgan fingerprint density at radius 1 is 1.11 bits per heavy atom. The fourth-order valence-corrected chi connectivity index (χ4v) is 5.23. The van der Waals surface area contributed by atoms with Crippen LogP contribution in [-0.4, -0.2) is 28.1 Å². The molecule has 108 valence electrons. The largest absolute Gasteiger partial charge is 0.544 e. The van der Waals surface area contributed by atoms with Crippen LogP contribution in [0.4, 0.5) is 0 Å². The van der Waals surface area contributed by atoms with Crippen LogP contribution in [-0.2, 0) is 6.42 Å². The van der Waals surface area contributed by atoms with E-state index >= 15 is 0 Å². The fourth-order valence-electron chi connectivity index (χ4n) is 1.89. The first-order valence-electron chi connectivity index (χ1n) is 6.67. The smallest absolute Gasteiger partial charge is 0.242 e. The van der Waals surface area contributed by atoms with Gasteiger partial charge in [0.2, 0.25) is 8.32 Å². The molecule has 0 aromatic heterocycles. The molecule has 0 aliphatic heterocycles. The average molecular weight is 361 g/mol. The number of rotatable bonds is 5. The molecule has 1 N–H and O–H groups in total. The summed E-state index contributed by atoms with van der Waals surface area (Å²) in [5.74, 6) is 1.03. The van der Waals surface area contributed by atoms with Gasteiger partial charge in [-0.3, -0.25) is 0 Å². The molecule has 0 saturated heterocycles. The Morgan fingerprint density at radius 3 is 2.11 bits per heavy atom. The van der Waals surface area contributed by atoms with E-state index in [0.29, 0.717) is 6.42 Å². The van der Waals surface area contributed by atoms with Gasteiger partial charge >= 0.3 is 0 Å². The van der Waals surface area contributed by atoms with E-state index in [-0.39, 0.29) is 6.61 Å². The molecule has 5 heteroatoms. The molecule has 1 aromatic carbocycles. The molecule has 0 bridgehead atoms. The first-order chi connectivity index (χ1) is 8.54. The van der Waals surface area contributed by atoms with E-state index in [0.717, 1.165) is 10.2 Å². The van der Waals surface area contributed by atoms with Crippen LogP contribution in [0.5, 0.6) is 5.75 Å². The molecule has 0 spiro atoms. The quantitative estimate of drug-likeness (QED) is 0.810. The monoisotopic (exact) mass is 360 g/mol. The summed E-state index contributed by atoms with van der Waals surface area (Å²) in [4.78, 5) is 0. The second-order valence-electron chi connectivity index (χ2n) is 6.89. The highest BCUT2D eigenvalue weighted by molar-refractivity contribution is 9.10. The summed E-state index contributed by atoms with van der Waals surface area (Å²) in [5.41, 5.74) is 1.18. The standard InChI is InChI=1S/C14H25BrO2Si2/c1-18(2,3)13-10-11(7-8-16)9-12(15)14(13)17-19(4,5)6/h9-10,16H,7-8H2,1-6H3. The number of halogens is 1. The highest BCUT2D eigenvalue weighted by Gasteiger charge is 2.27. The predicted octanol–water partition coefficient (Wildman–Crippen LogP) is 3.74. The maximum absolute atomic E-state index is 9.13. The third kappa shape index (κ3) is 5.06. The lowest BCUT2D eigenvalue weighted by atomic mass is 10.1. The molecule has 1 aromatic rings. The van der Waals surface area contributed by atoms with Crippen molar-refractivity contribution in [2.75, 3.05) is 6.61 Å². The van der Waals surface area contributed by atoms with Crippen molar-refractivity contribution in [3.8, 4) is 5.75 Å². The summed E-state index contributed by atoms with van der Waals surface area (Å²) in [7, 11) is -3.12. The van der Waals surface area contributed by atoms with Gasteiger partial charge in [0.25, 0.3) is 0 Å². The summed E-state index contributed by atoms with van der Waals surface area (Å²) in [6, 6.07) is 4.30. The summed E-state index contributed by atoms with van der Waals surface area (Å²) in [5, 5.41) is 10.5. The topological polar surface area (TPSA) is 29.5 Å². The first-order valence-corrected chi connectivity index (χ1v) is 14.4. The zero-order chi connectivity index (χ0) is 14.8. The molecule has 2 nitrogen and oxygen atoms in total. The van der Waals surface area contributed by atoms with Gasteiger partial charge in [0, 0.05) is 6.61 Å². The minimum absolute atomic E-state index is 0.186. The minimum Gasteiger partial charge on any atom is -0.544 e. The molecule has 0 aliphatic rings. The average Bonchev–Trinajstić information content (AvgIpc) is 2.18. The van der Waals surface area contributed by atoms with Crippen molar-refractivity contribution in [1.82, 2.24) is 0 Å². The number of aliphatic hydroxyl groups is 1. The van der Waals surface area contributed by atoms with Crippen LogP contribution in [0.25, 0.3) is 0 Å². The van der Waals surface area contributed by atoms with Crippen LogP contribution >= 0.6 is 15.9 Å². The molecule has 0 amide bonds. The van der Waals surface area contributed by atoms with Crippen molar-refractivity contribution < 1.29 is 9.53 Å². The Labute approximate surface area is 127 Å². The number of benzene rings is 1. The maximum Gasteiger partial charge on any atom is 0.242 e. The van der Waals surface area contributed by atoms with Gasteiger partial charge in [-0.1, -0.05) is 25.7 Å². The molecule has 0 aliphatic carbocycles. The lowest BCUT2D eigenvalue weighted by molar-refractivity contribution is 0.299. The normalized spacial score (nSPS) is 12.6. The maximum atomic E-state index is 9.13. The van der Waals surface area contributed by atoms with Gasteiger partial charge in [0.05, 0.1) is 12.5 Å². The minimum atomic E-state index is -1.63. The summed E-state index contributed by atoms with van der Waals surface area (Å²) in [6.07, 6.45) is 0.698. The summed E-state index contributed by atoms with van der Waals surface area (Å²) >= 11 is 3.65. The molecule has 0 unspecified atom stereocenters. The van der Waals surface area contributed by atoms with Gasteiger partial charge < -0.3 is 9.53 Å². The van der Waals surface area contributed by atoms with Gasteiger partial charge in [0.1, 0.15) is 5.75 Å². The fraction of sp³-hybridized carbons (Fsp3) is 0.571. The third-order valence-corrected chi connectivity index (χ3v) is 6.11. The Balaban J connectivity index is 3.35. The lowest BCUT2D eigenvalue weighted by Crippen LogP contribution is -2.42. The van der Waals surface area contributed by atoms with E-state index in [9.17, 15) is 0 Å². The summed E-state index contributed by atoms with van der Waals surface area (Å²) < 4.78 is 7.31. The molecule has 1 rings (SSSR count). The van der Waals surface area contributed by atoms with E-state index in [1.807, 2.05) is 0 Å². The Hall–Kier alpha value is -0.106. The molecule has 0 heterocycles. The van der Waals surface area contributed by atoms with Crippen LogP contribution < -0.4 is 9.61 Å². The molecular formula is C14H25BrO2Si2. The molecular weight excluding hydrogens is 336 g/mol. The zero-order valence-electron chi connectivity index (χ0n) is 12.8. The van der Waals surface area contributed by atoms with Gasteiger partial charge in [-0.15, -0.1) is 0 Å². The SMILES string of the molecule is C[Si](C)(C)Oc1c(Br)cc(CCO)cc1[Si](C)(C)C. The second kappa shape index (κ2) is 6.12. The zero-order valence-corrected chi connectivity index (χ0v) is 16.4. The molecule has 0 atom stereocenters. The van der Waals surface area contributed by atoms with Gasteiger partial charge in [-0.25, -0.2) is 0 Å². The molecule has 0 saturated carbocycles. The summed E-state index contributed by atoms with van der Waals surface area (Å²) in [6.45, 7) is 13.8. The van der Waals surface area contributed by atoms with Gasteiger partial charge in [-0.05, 0) is 58.8 Å². The molecule has 19 heavy (non-hydrogen) atoms. The Morgan fingerprint density at radius 2 is 1.68 bits per heavy atom. The second-order valence-corrected chi connectivity index (χ2v) is 17.2. The van der Waals surface area contributed by atoms with E-state index in [1.165, 1.54) is 10.8 Å². The Bertz CT molecular complexity index is 448. The van der Waals surface area contributed by atoms with Crippen LogP contribution in [0.2, 0.25) is 39.3 Å². The first kappa shape index (κ1) is 16.9. The van der Waals surface area contributed by atoms with Crippen molar-refractivity contribution in [2.45, 2.75) is 45.7 Å². The predicted molar refractivity (Wildman–Crippen MR) is 91.9 cm³/mol.